The molecule has 4 amide bonds. The molecule has 4 aromatic rings. The third kappa shape index (κ3) is 15.2. The van der Waals surface area contributed by atoms with Crippen molar-refractivity contribution in [2.75, 3.05) is 68.8 Å². The molecule has 71 heavy (non-hydrogen) atoms. The van der Waals surface area contributed by atoms with Crippen LogP contribution in [0.25, 0.3) is 11.0 Å². The molecule has 2 aromatic carbocycles. The molecule has 0 aliphatic carbocycles. The van der Waals surface area contributed by atoms with Gasteiger partial charge in [-0.15, -0.1) is 0 Å². The number of ether oxygens (including phenoxy) is 3. The van der Waals surface area contributed by atoms with E-state index in [2.05, 4.69) is 72.7 Å². The Kier molecular flexibility index (Phi) is 19.3. The Labute approximate surface area is 412 Å². The molecule has 2 fully saturated rings. The Bertz CT molecular complexity index is 2480. The molecule has 0 bridgehead atoms. The van der Waals surface area contributed by atoms with E-state index in [1.807, 2.05) is 12.3 Å². The molecule has 4 heterocycles. The number of aliphatic carboxylic acids is 1. The Morgan fingerprint density at radius 2 is 1.65 bits per heavy atom. The molecule has 3 unspecified atom stereocenters. The van der Waals surface area contributed by atoms with Crippen LogP contribution in [0.2, 0.25) is 0 Å². The van der Waals surface area contributed by atoms with E-state index in [1.54, 1.807) is 17.9 Å². The maximum absolute atomic E-state index is 13.4. The summed E-state index contributed by atoms with van der Waals surface area (Å²) in [6.45, 7) is 11.0. The first-order valence-electron chi connectivity index (χ1n) is 24.1. The second kappa shape index (κ2) is 25.5. The van der Waals surface area contributed by atoms with Crippen LogP contribution in [0, 0.1) is 18.8 Å². The third-order valence-corrected chi connectivity index (χ3v) is 12.5. The van der Waals surface area contributed by atoms with Gasteiger partial charge in [0, 0.05) is 77.9 Å². The van der Waals surface area contributed by atoms with Gasteiger partial charge in [0.25, 0.3) is 0 Å². The van der Waals surface area contributed by atoms with Gasteiger partial charge in [0.15, 0.2) is 5.82 Å². The predicted octanol–water partition coefficient (Wildman–Crippen LogP) is 2.55. The summed E-state index contributed by atoms with van der Waals surface area (Å²) >= 11 is 0. The summed E-state index contributed by atoms with van der Waals surface area (Å²) in [6.07, 6.45) is -1.44. The fourth-order valence-electron chi connectivity index (χ4n) is 8.09. The van der Waals surface area contributed by atoms with Crippen molar-refractivity contribution in [2.24, 2.45) is 11.8 Å². The van der Waals surface area contributed by atoms with Crippen molar-refractivity contribution < 1.29 is 58.6 Å². The number of aromatic nitrogens is 3. The summed E-state index contributed by atoms with van der Waals surface area (Å²) in [6, 6.07) is 13.1. The number of nitrogens with zero attached hydrogens (tertiary/aromatic N) is 5. The summed E-state index contributed by atoms with van der Waals surface area (Å²) in [5.41, 5.74) is 11.8. The van der Waals surface area contributed by atoms with Crippen molar-refractivity contribution in [3.8, 4) is 5.75 Å². The molecular weight excluding hydrogens is 921 g/mol. The zero-order valence-corrected chi connectivity index (χ0v) is 40.8. The van der Waals surface area contributed by atoms with Crippen molar-refractivity contribution in [1.82, 2.24) is 35.0 Å². The normalized spacial score (nSPS) is 19.1. The third-order valence-electron chi connectivity index (χ3n) is 12.5. The van der Waals surface area contributed by atoms with Crippen LogP contribution in [0.15, 0.2) is 48.7 Å². The minimum atomic E-state index is -1.62. The quantitative estimate of drug-likeness (QED) is 0.0483. The number of nitrogens with two attached hydrogens (primary N) is 1. The van der Waals surface area contributed by atoms with Crippen LogP contribution in [0.1, 0.15) is 75.1 Å². The highest BCUT2D eigenvalue weighted by Crippen LogP contribution is 2.31. The van der Waals surface area contributed by atoms with Crippen LogP contribution in [0.5, 0.6) is 5.75 Å². The van der Waals surface area contributed by atoms with Crippen LogP contribution in [0.4, 0.5) is 22.2 Å². The first-order valence-corrected chi connectivity index (χ1v) is 24.1. The lowest BCUT2D eigenvalue weighted by Crippen LogP contribution is -2.54. The summed E-state index contributed by atoms with van der Waals surface area (Å²) in [7, 11) is 0. The lowest BCUT2D eigenvalue weighted by Gasteiger charge is -2.35. The summed E-state index contributed by atoms with van der Waals surface area (Å²) < 4.78 is 19.2. The SMILES string of the molecule is CCCCCNc1nc(N)nc2ccn(Cc3ccc(CN4CCN(C(=O)OCc5ccc(OC6OC[C@H](O)[C@@H](O)[C@@H]6O)c(NC(=O)C(C)CNC(=O)CCNC(=O)CC(C)C(=O)O)c5)CC4)cc3C)c12. The molecule has 0 saturated carbocycles. The first kappa shape index (κ1) is 53.8. The van der Waals surface area contributed by atoms with Gasteiger partial charge in [-0.2, -0.15) is 4.98 Å². The number of amides is 4. The molecule has 2 aromatic heterocycles. The number of piperazine rings is 1. The predicted molar refractivity (Wildman–Crippen MR) is 262 cm³/mol. The topological polar surface area (TPSA) is 305 Å². The molecule has 2 aliphatic heterocycles. The van der Waals surface area contributed by atoms with Crippen molar-refractivity contribution in [1.29, 1.82) is 0 Å². The van der Waals surface area contributed by atoms with E-state index in [9.17, 15) is 39.3 Å². The number of rotatable bonds is 23. The van der Waals surface area contributed by atoms with E-state index < -0.39 is 66.2 Å². The fourth-order valence-corrected chi connectivity index (χ4v) is 8.09. The smallest absolute Gasteiger partial charge is 0.410 e. The van der Waals surface area contributed by atoms with E-state index in [-0.39, 0.29) is 56.5 Å². The molecule has 22 heteroatoms. The number of fused-ring (bicyclic) bond motifs is 1. The van der Waals surface area contributed by atoms with Crippen LogP contribution in [0.3, 0.4) is 0 Å². The monoisotopic (exact) mass is 989 g/mol. The van der Waals surface area contributed by atoms with Crippen molar-refractivity contribution in [2.45, 2.75) is 104 Å². The van der Waals surface area contributed by atoms with Gasteiger partial charge in [-0.25, -0.2) is 9.78 Å². The standard InChI is InChI=1S/C49H68N10O12/c1-5-6-7-14-52-44-41-35(55-48(50)56-44)13-16-59(41)26-34-10-8-32(21-29(34)2)25-57-17-19-58(20-18-57)49(68)70-27-33-9-11-38(71-47-43(64)42(63)37(60)28-69-47)36(23-33)54-45(65)31(4)24-53-39(61)12-15-51-40(62)22-30(3)46(66)67/h8-11,13,16,21,23,30-31,37,42-43,47,60,63-64H,5-7,12,14-15,17-20,22,24-28H2,1-4H3,(H,51,62)(H,53,61)(H,54,65)(H,66,67)(H3,50,52,55,56)/t30?,31?,37-,42+,43-,47?/m0/s1. The number of aliphatic hydroxyl groups is 3. The maximum atomic E-state index is 13.4. The minimum Gasteiger partial charge on any atom is -0.481 e. The summed E-state index contributed by atoms with van der Waals surface area (Å²) in [5.74, 6) is -3.22. The summed E-state index contributed by atoms with van der Waals surface area (Å²) in [5, 5.41) is 51.0. The van der Waals surface area contributed by atoms with E-state index in [4.69, 9.17) is 25.1 Å². The Balaban J connectivity index is 1.00. The number of aliphatic hydroxyl groups excluding tert-OH is 3. The highest BCUT2D eigenvalue weighted by atomic mass is 16.7. The molecular formula is C49H68N10O12. The van der Waals surface area contributed by atoms with E-state index in [0.29, 0.717) is 44.8 Å². The van der Waals surface area contributed by atoms with Crippen LogP contribution in [-0.2, 0) is 48.3 Å². The number of unbranched alkanes of at least 4 members (excludes halogenated alkanes) is 2. The fraction of sp³-hybridized carbons (Fsp3) is 0.531. The average Bonchev–Trinajstić information content (AvgIpc) is 3.74. The van der Waals surface area contributed by atoms with Gasteiger partial charge >= 0.3 is 12.1 Å². The van der Waals surface area contributed by atoms with Gasteiger partial charge < -0.3 is 71.1 Å². The number of carbonyl (C=O) groups is 5. The molecule has 0 radical (unpaired) electrons. The number of carbonyl (C=O) groups excluding carboxylic acids is 4. The molecule has 6 atom stereocenters. The Morgan fingerprint density at radius 1 is 0.887 bits per heavy atom. The number of benzene rings is 2. The molecule has 10 N–H and O–H groups in total. The number of nitrogens with one attached hydrogen (secondary N) is 4. The summed E-state index contributed by atoms with van der Waals surface area (Å²) in [4.78, 5) is 75.1. The van der Waals surface area contributed by atoms with E-state index in [1.165, 1.54) is 24.6 Å². The van der Waals surface area contributed by atoms with Gasteiger partial charge in [-0.1, -0.05) is 57.9 Å². The van der Waals surface area contributed by atoms with E-state index >= 15 is 0 Å². The lowest BCUT2D eigenvalue weighted by molar-refractivity contribution is -0.241. The number of anilines is 3. The second-order valence-corrected chi connectivity index (χ2v) is 18.3. The van der Waals surface area contributed by atoms with E-state index in [0.717, 1.165) is 53.8 Å². The van der Waals surface area contributed by atoms with Crippen molar-refractivity contribution in [3.63, 3.8) is 0 Å². The van der Waals surface area contributed by atoms with Gasteiger partial charge in [-0.3, -0.25) is 24.1 Å². The molecule has 22 nitrogen and oxygen atoms in total. The van der Waals surface area contributed by atoms with Gasteiger partial charge in [-0.05, 0) is 53.8 Å². The van der Waals surface area contributed by atoms with Gasteiger partial charge in [0.1, 0.15) is 36.2 Å². The average molecular weight is 989 g/mol. The first-order chi connectivity index (χ1) is 34.0. The largest absolute Gasteiger partial charge is 0.481 e. The number of carboxylic acids is 1. The number of nitrogen functional groups attached to an aromatic ring is 1. The molecule has 2 saturated heterocycles. The zero-order valence-electron chi connectivity index (χ0n) is 40.8. The number of aryl methyl sites for hydroxylation is 1. The number of hydrogen-bond donors (Lipinski definition) is 9. The highest BCUT2D eigenvalue weighted by molar-refractivity contribution is 5.94. The van der Waals surface area contributed by atoms with Gasteiger partial charge in [0.2, 0.25) is 30.0 Å². The molecule has 2 aliphatic rings. The molecule has 6 rings (SSSR count). The Morgan fingerprint density at radius 3 is 2.38 bits per heavy atom. The van der Waals surface area contributed by atoms with Crippen molar-refractivity contribution >= 4 is 58.3 Å². The zero-order chi connectivity index (χ0) is 51.2. The lowest BCUT2D eigenvalue weighted by atomic mass is 10.0. The van der Waals surface area contributed by atoms with Crippen molar-refractivity contribution in [3.05, 3.63) is 70.9 Å². The highest BCUT2D eigenvalue weighted by Gasteiger charge is 2.39. The number of hydrogen-bond acceptors (Lipinski definition) is 16. The van der Waals surface area contributed by atoms with Crippen LogP contribution in [-0.4, -0.2) is 152 Å². The molecule has 0 spiro atoms. The second-order valence-electron chi connectivity index (χ2n) is 18.3. The maximum Gasteiger partial charge on any atom is 0.410 e. The van der Waals surface area contributed by atoms with Gasteiger partial charge in [0.05, 0.1) is 29.6 Å². The molecule has 386 valence electrons. The van der Waals surface area contributed by atoms with Crippen LogP contribution >= 0.6 is 0 Å². The van der Waals surface area contributed by atoms with Crippen LogP contribution < -0.4 is 31.7 Å². The number of carboxylic acid groups (broad SMARTS) is 1. The Hall–Kier alpha value is -6.59. The minimum absolute atomic E-state index is 0.0241.